The summed E-state index contributed by atoms with van der Waals surface area (Å²) < 4.78 is 24.3. The van der Waals surface area contributed by atoms with Crippen LogP contribution < -0.4 is 0 Å². The normalized spacial score (nSPS) is 24.1. The minimum absolute atomic E-state index is 0.0211. The van der Waals surface area contributed by atoms with Crippen molar-refractivity contribution in [3.05, 3.63) is 0 Å². The molecule has 0 aromatic heterocycles. The van der Waals surface area contributed by atoms with Gasteiger partial charge in [0.15, 0.2) is 0 Å². The van der Waals surface area contributed by atoms with E-state index >= 15 is 0 Å². The van der Waals surface area contributed by atoms with Gasteiger partial charge >= 0.3 is 5.97 Å². The van der Waals surface area contributed by atoms with Crippen LogP contribution in [0.3, 0.4) is 0 Å². The molecule has 0 aliphatic carbocycles. The van der Waals surface area contributed by atoms with Crippen LogP contribution in [0.4, 0.5) is 8.78 Å². The third-order valence-electron chi connectivity index (χ3n) is 2.53. The number of carboxylic acids is 1. The zero-order valence-corrected chi connectivity index (χ0v) is 7.96. The average Bonchev–Trinajstić information content (AvgIpc) is 2.06. The summed E-state index contributed by atoms with van der Waals surface area (Å²) in [5, 5.41) is 8.60. The number of rotatable bonds is 4. The molecule has 0 radical (unpaired) electrons. The molecule has 1 saturated heterocycles. The molecule has 1 atom stereocenters. The minimum atomic E-state index is -2.37. The van der Waals surface area contributed by atoms with Gasteiger partial charge in [0, 0.05) is 6.04 Å². The fraction of sp³-hybridized carbons (Fsp3) is 0.889. The van der Waals surface area contributed by atoms with Gasteiger partial charge in [-0.3, -0.25) is 9.69 Å². The Bertz CT molecular complexity index is 199. The minimum Gasteiger partial charge on any atom is -0.481 e. The maximum absolute atomic E-state index is 12.1. The predicted molar refractivity (Wildman–Crippen MR) is 47.5 cm³/mol. The van der Waals surface area contributed by atoms with E-state index in [1.165, 1.54) is 0 Å². The summed E-state index contributed by atoms with van der Waals surface area (Å²) in [4.78, 5) is 12.1. The first-order chi connectivity index (χ1) is 6.59. The predicted octanol–water partition coefficient (Wildman–Crippen LogP) is 1.58. The molecule has 5 heteroatoms. The number of likely N-dealkylation sites (tertiary alicyclic amines) is 1. The maximum Gasteiger partial charge on any atom is 0.304 e. The van der Waals surface area contributed by atoms with E-state index in [0.717, 1.165) is 19.3 Å². The van der Waals surface area contributed by atoms with Gasteiger partial charge < -0.3 is 5.11 Å². The third-order valence-corrected chi connectivity index (χ3v) is 2.53. The molecular formula is C9H15F2NO2. The number of carboxylic acid groups (broad SMARTS) is 1. The summed E-state index contributed by atoms with van der Waals surface area (Å²) in [5.41, 5.74) is 0. The van der Waals surface area contributed by atoms with Gasteiger partial charge in [0.05, 0.1) is 13.0 Å². The highest BCUT2D eigenvalue weighted by molar-refractivity contribution is 5.67. The number of alkyl halides is 2. The van der Waals surface area contributed by atoms with Crippen molar-refractivity contribution in [2.45, 2.75) is 38.2 Å². The Labute approximate surface area is 81.7 Å². The number of nitrogens with zero attached hydrogens (tertiary/aromatic N) is 1. The first-order valence-corrected chi connectivity index (χ1v) is 4.83. The van der Waals surface area contributed by atoms with E-state index in [0.29, 0.717) is 6.54 Å². The first-order valence-electron chi connectivity index (χ1n) is 4.83. The molecule has 0 aromatic carbocycles. The molecule has 0 saturated carbocycles. The van der Waals surface area contributed by atoms with Crippen molar-refractivity contribution >= 4 is 5.97 Å². The average molecular weight is 207 g/mol. The zero-order chi connectivity index (χ0) is 10.6. The van der Waals surface area contributed by atoms with E-state index in [1.54, 1.807) is 4.90 Å². The fourth-order valence-corrected chi connectivity index (χ4v) is 1.91. The quantitative estimate of drug-likeness (QED) is 0.760. The number of piperidine rings is 1. The lowest BCUT2D eigenvalue weighted by molar-refractivity contribution is -0.139. The Morgan fingerprint density at radius 3 is 2.79 bits per heavy atom. The molecule has 0 bridgehead atoms. The van der Waals surface area contributed by atoms with Crippen molar-refractivity contribution in [1.29, 1.82) is 0 Å². The van der Waals surface area contributed by atoms with Crippen LogP contribution in [0.2, 0.25) is 0 Å². The highest BCUT2D eigenvalue weighted by atomic mass is 19.3. The van der Waals surface area contributed by atoms with Crippen molar-refractivity contribution in [1.82, 2.24) is 4.90 Å². The van der Waals surface area contributed by atoms with E-state index in [1.807, 2.05) is 0 Å². The Balaban J connectivity index is 2.45. The first kappa shape index (κ1) is 11.4. The van der Waals surface area contributed by atoms with Gasteiger partial charge in [-0.2, -0.15) is 0 Å². The van der Waals surface area contributed by atoms with Crippen LogP contribution in [0, 0.1) is 0 Å². The fourth-order valence-electron chi connectivity index (χ4n) is 1.91. The number of hydrogen-bond acceptors (Lipinski definition) is 2. The summed E-state index contributed by atoms with van der Waals surface area (Å²) in [6.07, 6.45) is 0.163. The summed E-state index contributed by atoms with van der Waals surface area (Å²) in [6.45, 7) is 0.306. The second-order valence-corrected chi connectivity index (χ2v) is 3.63. The highest BCUT2D eigenvalue weighted by Gasteiger charge is 2.26. The van der Waals surface area contributed by atoms with Crippen LogP contribution >= 0.6 is 0 Å². The second-order valence-electron chi connectivity index (χ2n) is 3.63. The van der Waals surface area contributed by atoms with Crippen LogP contribution in [0.25, 0.3) is 0 Å². The van der Waals surface area contributed by atoms with Gasteiger partial charge in [-0.25, -0.2) is 8.78 Å². The summed E-state index contributed by atoms with van der Waals surface area (Å²) in [7, 11) is 0. The molecule has 1 aliphatic rings. The molecule has 14 heavy (non-hydrogen) atoms. The van der Waals surface area contributed by atoms with E-state index in [-0.39, 0.29) is 19.0 Å². The van der Waals surface area contributed by atoms with Crippen LogP contribution in [-0.2, 0) is 4.79 Å². The van der Waals surface area contributed by atoms with Crippen molar-refractivity contribution in [2.24, 2.45) is 0 Å². The Hall–Kier alpha value is -0.710. The molecule has 0 aromatic rings. The van der Waals surface area contributed by atoms with Gasteiger partial charge in [-0.1, -0.05) is 6.42 Å². The lowest BCUT2D eigenvalue weighted by Gasteiger charge is -2.34. The highest BCUT2D eigenvalue weighted by Crippen LogP contribution is 2.20. The van der Waals surface area contributed by atoms with E-state index < -0.39 is 12.4 Å². The Morgan fingerprint density at radius 1 is 1.50 bits per heavy atom. The van der Waals surface area contributed by atoms with Gasteiger partial charge in [-0.15, -0.1) is 0 Å². The third kappa shape index (κ3) is 3.57. The van der Waals surface area contributed by atoms with E-state index in [2.05, 4.69) is 0 Å². The lowest BCUT2D eigenvalue weighted by Crippen LogP contribution is -2.43. The molecule has 1 rings (SSSR count). The molecule has 82 valence electrons. The number of aliphatic carboxylic acids is 1. The summed E-state index contributed by atoms with van der Waals surface area (Å²) >= 11 is 0. The standard InChI is InChI=1S/C9H15F2NO2/c10-8(11)6-12-4-2-1-3-7(12)5-9(13)14/h7-8H,1-6H2,(H,13,14). The van der Waals surface area contributed by atoms with Gasteiger partial charge in [0.2, 0.25) is 0 Å². The van der Waals surface area contributed by atoms with Crippen LogP contribution in [0.5, 0.6) is 0 Å². The van der Waals surface area contributed by atoms with Crippen LogP contribution in [-0.4, -0.2) is 41.5 Å². The maximum atomic E-state index is 12.1. The molecular weight excluding hydrogens is 192 g/mol. The van der Waals surface area contributed by atoms with Gasteiger partial charge in [0.1, 0.15) is 0 Å². The lowest BCUT2D eigenvalue weighted by atomic mass is 9.99. The number of halogens is 2. The van der Waals surface area contributed by atoms with E-state index in [4.69, 9.17) is 5.11 Å². The number of carbonyl (C=O) groups is 1. The van der Waals surface area contributed by atoms with Crippen molar-refractivity contribution in [2.75, 3.05) is 13.1 Å². The Kier molecular flexibility index (Phi) is 4.25. The summed E-state index contributed by atoms with van der Waals surface area (Å²) in [6, 6.07) is -0.199. The van der Waals surface area contributed by atoms with Gasteiger partial charge in [0.25, 0.3) is 6.43 Å². The molecule has 1 unspecified atom stereocenters. The molecule has 1 fully saturated rings. The number of hydrogen-bond donors (Lipinski definition) is 1. The summed E-state index contributed by atoms with van der Waals surface area (Å²) in [5.74, 6) is -0.906. The topological polar surface area (TPSA) is 40.5 Å². The van der Waals surface area contributed by atoms with Crippen LogP contribution in [0.15, 0.2) is 0 Å². The van der Waals surface area contributed by atoms with Crippen molar-refractivity contribution in [3.63, 3.8) is 0 Å². The molecule has 0 spiro atoms. The zero-order valence-electron chi connectivity index (χ0n) is 7.96. The molecule has 3 nitrogen and oxygen atoms in total. The van der Waals surface area contributed by atoms with Crippen molar-refractivity contribution < 1.29 is 18.7 Å². The molecule has 1 N–H and O–H groups in total. The molecule has 0 amide bonds. The monoisotopic (exact) mass is 207 g/mol. The van der Waals surface area contributed by atoms with Crippen LogP contribution in [0.1, 0.15) is 25.7 Å². The Morgan fingerprint density at radius 2 is 2.21 bits per heavy atom. The van der Waals surface area contributed by atoms with Gasteiger partial charge in [-0.05, 0) is 19.4 Å². The SMILES string of the molecule is O=C(O)CC1CCCCN1CC(F)F. The second kappa shape index (κ2) is 5.24. The largest absolute Gasteiger partial charge is 0.481 e. The van der Waals surface area contributed by atoms with E-state index in [9.17, 15) is 13.6 Å². The van der Waals surface area contributed by atoms with Crippen molar-refractivity contribution in [3.8, 4) is 0 Å². The molecule has 1 aliphatic heterocycles. The molecule has 1 heterocycles. The smallest absolute Gasteiger partial charge is 0.304 e.